The Hall–Kier alpha value is -2.51. The SMILES string of the molecule is CC(=O)Nc1ccc(O)c(Sc2ccc(C(=O)N[C@@H]3C4CCN(CC4)[C@H]3C)cc2)c1. The molecule has 158 valence electrons. The van der Waals surface area contributed by atoms with Gasteiger partial charge in [-0.3, -0.25) is 14.5 Å². The summed E-state index contributed by atoms with van der Waals surface area (Å²) >= 11 is 1.38. The van der Waals surface area contributed by atoms with Crippen LogP contribution in [0.3, 0.4) is 0 Å². The first-order valence-electron chi connectivity index (χ1n) is 10.3. The summed E-state index contributed by atoms with van der Waals surface area (Å²) < 4.78 is 0. The van der Waals surface area contributed by atoms with Crippen molar-refractivity contribution in [3.8, 4) is 5.75 Å². The Morgan fingerprint density at radius 3 is 2.43 bits per heavy atom. The molecule has 2 aromatic carbocycles. The van der Waals surface area contributed by atoms with E-state index in [1.807, 2.05) is 24.3 Å². The second-order valence-corrected chi connectivity index (χ2v) is 9.22. The third kappa shape index (κ3) is 4.47. The second kappa shape index (κ2) is 8.70. The number of anilines is 1. The Morgan fingerprint density at radius 2 is 1.80 bits per heavy atom. The lowest BCUT2D eigenvalue weighted by Crippen LogP contribution is -2.62. The van der Waals surface area contributed by atoms with Crippen LogP contribution < -0.4 is 10.6 Å². The summed E-state index contributed by atoms with van der Waals surface area (Å²) in [5.41, 5.74) is 1.27. The molecule has 2 atom stereocenters. The molecular weight excluding hydrogens is 398 g/mol. The number of fused-ring (bicyclic) bond motifs is 3. The molecule has 3 fully saturated rings. The zero-order valence-electron chi connectivity index (χ0n) is 17.2. The Bertz CT molecular complexity index is 937. The number of phenols is 1. The lowest BCUT2D eigenvalue weighted by Gasteiger charge is -2.49. The molecule has 3 saturated heterocycles. The average molecular weight is 426 g/mol. The van der Waals surface area contributed by atoms with E-state index in [0.29, 0.717) is 28.1 Å². The lowest BCUT2D eigenvalue weighted by atomic mass is 9.79. The molecule has 5 rings (SSSR count). The number of nitrogens with zero attached hydrogens (tertiary/aromatic N) is 1. The highest BCUT2D eigenvalue weighted by Gasteiger charge is 2.40. The van der Waals surface area contributed by atoms with Gasteiger partial charge in [0, 0.05) is 35.2 Å². The molecule has 6 nitrogen and oxygen atoms in total. The quantitative estimate of drug-likeness (QED) is 0.636. The molecule has 7 heteroatoms. The van der Waals surface area contributed by atoms with Crippen molar-refractivity contribution in [2.45, 2.75) is 48.6 Å². The number of aromatic hydroxyl groups is 1. The molecule has 2 bridgehead atoms. The minimum absolute atomic E-state index is 0.0346. The number of phenolic OH excluding ortho intramolecular Hbond substituents is 1. The molecule has 3 N–H and O–H groups in total. The van der Waals surface area contributed by atoms with Gasteiger partial charge in [-0.1, -0.05) is 11.8 Å². The van der Waals surface area contributed by atoms with Gasteiger partial charge in [-0.25, -0.2) is 0 Å². The van der Waals surface area contributed by atoms with E-state index < -0.39 is 0 Å². The van der Waals surface area contributed by atoms with Gasteiger partial charge >= 0.3 is 0 Å². The molecule has 0 unspecified atom stereocenters. The maximum absolute atomic E-state index is 12.8. The Labute approximate surface area is 181 Å². The zero-order valence-corrected chi connectivity index (χ0v) is 18.0. The van der Waals surface area contributed by atoms with Crippen molar-refractivity contribution in [1.29, 1.82) is 0 Å². The van der Waals surface area contributed by atoms with Crippen LogP contribution in [0.15, 0.2) is 52.3 Å². The molecule has 0 radical (unpaired) electrons. The van der Waals surface area contributed by atoms with Gasteiger partial charge in [0.15, 0.2) is 0 Å². The van der Waals surface area contributed by atoms with E-state index in [-0.39, 0.29) is 23.6 Å². The summed E-state index contributed by atoms with van der Waals surface area (Å²) in [7, 11) is 0. The molecule has 30 heavy (non-hydrogen) atoms. The first kappa shape index (κ1) is 20.8. The van der Waals surface area contributed by atoms with Crippen LogP contribution in [0.5, 0.6) is 5.75 Å². The number of amides is 2. The average Bonchev–Trinajstić information content (AvgIpc) is 2.73. The maximum atomic E-state index is 12.8. The summed E-state index contributed by atoms with van der Waals surface area (Å²) in [5, 5.41) is 16.1. The Balaban J connectivity index is 1.42. The molecule has 3 aliphatic heterocycles. The summed E-state index contributed by atoms with van der Waals surface area (Å²) in [6.07, 6.45) is 2.32. The minimum Gasteiger partial charge on any atom is -0.507 e. The van der Waals surface area contributed by atoms with Crippen molar-refractivity contribution < 1.29 is 14.7 Å². The summed E-state index contributed by atoms with van der Waals surface area (Å²) in [6.45, 7) is 5.93. The summed E-state index contributed by atoms with van der Waals surface area (Å²) in [6, 6.07) is 12.9. The van der Waals surface area contributed by atoms with Crippen molar-refractivity contribution in [2.24, 2.45) is 5.92 Å². The number of hydrogen-bond donors (Lipinski definition) is 3. The van der Waals surface area contributed by atoms with Gasteiger partial charge in [0.1, 0.15) is 5.75 Å². The molecule has 2 amide bonds. The third-order valence-corrected chi connectivity index (χ3v) is 7.15. The number of benzene rings is 2. The molecule has 0 spiro atoms. The van der Waals surface area contributed by atoms with Gasteiger partial charge in [-0.15, -0.1) is 0 Å². The van der Waals surface area contributed by atoms with Crippen LogP contribution in [0, 0.1) is 5.92 Å². The number of piperidine rings is 3. The monoisotopic (exact) mass is 425 g/mol. The third-order valence-electron chi connectivity index (χ3n) is 6.10. The first-order valence-corrected chi connectivity index (χ1v) is 11.2. The first-order chi connectivity index (χ1) is 14.4. The van der Waals surface area contributed by atoms with E-state index >= 15 is 0 Å². The smallest absolute Gasteiger partial charge is 0.251 e. The van der Waals surface area contributed by atoms with E-state index in [0.717, 1.165) is 30.8 Å². The van der Waals surface area contributed by atoms with Crippen LogP contribution in [0.2, 0.25) is 0 Å². The van der Waals surface area contributed by atoms with E-state index in [2.05, 4.69) is 22.5 Å². The van der Waals surface area contributed by atoms with Crippen molar-refractivity contribution in [1.82, 2.24) is 10.2 Å². The topological polar surface area (TPSA) is 81.7 Å². The van der Waals surface area contributed by atoms with E-state index in [4.69, 9.17) is 0 Å². The highest BCUT2D eigenvalue weighted by atomic mass is 32.2. The van der Waals surface area contributed by atoms with Gasteiger partial charge < -0.3 is 15.7 Å². The predicted molar refractivity (Wildman–Crippen MR) is 118 cm³/mol. The maximum Gasteiger partial charge on any atom is 0.251 e. The summed E-state index contributed by atoms with van der Waals surface area (Å²) in [4.78, 5) is 28.0. The molecule has 0 saturated carbocycles. The Morgan fingerprint density at radius 1 is 1.10 bits per heavy atom. The number of carbonyl (C=O) groups is 2. The second-order valence-electron chi connectivity index (χ2n) is 8.10. The van der Waals surface area contributed by atoms with Crippen LogP contribution >= 0.6 is 11.8 Å². The van der Waals surface area contributed by atoms with Crippen molar-refractivity contribution >= 4 is 29.3 Å². The van der Waals surface area contributed by atoms with Gasteiger partial charge in [-0.05, 0) is 81.2 Å². The van der Waals surface area contributed by atoms with Gasteiger partial charge in [0.2, 0.25) is 5.91 Å². The zero-order chi connectivity index (χ0) is 21.3. The fourth-order valence-electron chi connectivity index (χ4n) is 4.46. The van der Waals surface area contributed by atoms with Gasteiger partial charge in [-0.2, -0.15) is 0 Å². The molecule has 3 heterocycles. The molecular formula is C23H27N3O3S. The normalized spacial score (nSPS) is 25.0. The molecule has 2 aromatic rings. The number of rotatable bonds is 5. The minimum atomic E-state index is -0.163. The predicted octanol–water partition coefficient (Wildman–Crippen LogP) is 3.71. The molecule has 0 aliphatic carbocycles. The Kier molecular flexibility index (Phi) is 6.01. The van der Waals surface area contributed by atoms with E-state index in [1.54, 1.807) is 18.2 Å². The number of carbonyl (C=O) groups excluding carboxylic acids is 2. The highest BCUT2D eigenvalue weighted by Crippen LogP contribution is 2.36. The van der Waals surface area contributed by atoms with Gasteiger partial charge in [0.05, 0.1) is 4.90 Å². The van der Waals surface area contributed by atoms with E-state index in [1.165, 1.54) is 18.7 Å². The highest BCUT2D eigenvalue weighted by molar-refractivity contribution is 7.99. The number of hydrogen-bond acceptors (Lipinski definition) is 5. The molecule has 3 aliphatic rings. The standard InChI is InChI=1S/C23H27N3O3S/c1-14-22(16-9-11-26(14)12-10-16)25-23(29)17-3-6-19(7-4-17)30-21-13-18(24-15(2)27)5-8-20(21)28/h3-8,13-14,16,22,28H,9-12H2,1-2H3,(H,24,27)(H,25,29)/t14-,22-/m0/s1. The van der Waals surface area contributed by atoms with Crippen LogP contribution in [-0.4, -0.2) is 47.0 Å². The summed E-state index contributed by atoms with van der Waals surface area (Å²) in [5.74, 6) is 0.520. The van der Waals surface area contributed by atoms with Crippen molar-refractivity contribution in [2.75, 3.05) is 18.4 Å². The largest absolute Gasteiger partial charge is 0.507 e. The van der Waals surface area contributed by atoms with Gasteiger partial charge in [0.25, 0.3) is 5.91 Å². The molecule has 0 aromatic heterocycles. The van der Waals surface area contributed by atoms with Crippen LogP contribution in [0.1, 0.15) is 37.0 Å². The fourth-order valence-corrected chi connectivity index (χ4v) is 5.34. The van der Waals surface area contributed by atoms with E-state index in [9.17, 15) is 14.7 Å². The van der Waals surface area contributed by atoms with Crippen molar-refractivity contribution in [3.63, 3.8) is 0 Å². The van der Waals surface area contributed by atoms with Crippen molar-refractivity contribution in [3.05, 3.63) is 48.0 Å². The van der Waals surface area contributed by atoms with Crippen LogP contribution in [0.25, 0.3) is 0 Å². The number of nitrogens with one attached hydrogen (secondary N) is 2. The van der Waals surface area contributed by atoms with Crippen LogP contribution in [0.4, 0.5) is 5.69 Å². The fraction of sp³-hybridized carbons (Fsp3) is 0.391. The lowest BCUT2D eigenvalue weighted by molar-refractivity contribution is -0.114. The van der Waals surface area contributed by atoms with Crippen LogP contribution in [-0.2, 0) is 4.79 Å².